The van der Waals surface area contributed by atoms with Crippen LogP contribution in [-0.4, -0.2) is 40.2 Å². The minimum Gasteiger partial charge on any atom is -0.508 e. The monoisotopic (exact) mass is 299 g/mol. The molecule has 5 nitrogen and oxygen atoms in total. The lowest BCUT2D eigenvalue weighted by Gasteiger charge is -2.14. The third-order valence-corrected chi connectivity index (χ3v) is 3.05. The van der Waals surface area contributed by atoms with Crippen molar-refractivity contribution in [1.29, 1.82) is 0 Å². The molecule has 0 unspecified atom stereocenters. The van der Waals surface area contributed by atoms with Crippen LogP contribution in [-0.2, 0) is 4.79 Å². The molecule has 5 heteroatoms. The van der Waals surface area contributed by atoms with Crippen LogP contribution in [0.2, 0.25) is 0 Å². The quantitative estimate of drug-likeness (QED) is 0.600. The van der Waals surface area contributed by atoms with Crippen molar-refractivity contribution in [3.8, 4) is 17.2 Å². The number of likely N-dealkylation sites (N-methyl/N-ethyl adjacent to an activating group) is 1. The number of carbonyl (C=O) groups excluding carboxylic acids is 1. The van der Waals surface area contributed by atoms with Crippen LogP contribution in [0, 0.1) is 0 Å². The molecule has 0 spiro atoms. The molecule has 3 N–H and O–H groups in total. The van der Waals surface area contributed by atoms with Crippen LogP contribution in [0.4, 0.5) is 0 Å². The molecule has 0 aromatic heterocycles. The molecule has 0 saturated carbocycles. The first-order valence-electron chi connectivity index (χ1n) is 6.62. The number of hydrogen-bond donors (Lipinski definition) is 3. The largest absolute Gasteiger partial charge is 0.508 e. The number of rotatable bonds is 3. The van der Waals surface area contributed by atoms with Gasteiger partial charge in [-0.3, -0.25) is 4.79 Å². The molecule has 2 aromatic rings. The standard InChI is InChI=1S/C17H17NO4/c1-18(2)17(22)16(12-3-5-13(19)6-4-12)9-11-7-14(20)10-15(21)8-11/h3-10,19-21H,1-2H3/b16-9+. The lowest BCUT2D eigenvalue weighted by atomic mass is 10.0. The van der Waals surface area contributed by atoms with Gasteiger partial charge in [-0.1, -0.05) is 12.1 Å². The maximum Gasteiger partial charge on any atom is 0.253 e. The van der Waals surface area contributed by atoms with E-state index in [0.29, 0.717) is 16.7 Å². The Morgan fingerprint density at radius 3 is 1.95 bits per heavy atom. The molecule has 2 rings (SSSR count). The molecule has 0 bridgehead atoms. The fraction of sp³-hybridized carbons (Fsp3) is 0.118. The van der Waals surface area contributed by atoms with Crippen molar-refractivity contribution < 1.29 is 20.1 Å². The summed E-state index contributed by atoms with van der Waals surface area (Å²) in [4.78, 5) is 13.8. The first-order chi connectivity index (χ1) is 10.4. The van der Waals surface area contributed by atoms with Crippen LogP contribution in [0.25, 0.3) is 11.6 Å². The van der Waals surface area contributed by atoms with Gasteiger partial charge < -0.3 is 20.2 Å². The van der Waals surface area contributed by atoms with E-state index in [4.69, 9.17) is 0 Å². The number of benzene rings is 2. The summed E-state index contributed by atoms with van der Waals surface area (Å²) in [7, 11) is 3.27. The summed E-state index contributed by atoms with van der Waals surface area (Å²) in [6, 6.07) is 10.4. The number of nitrogens with zero attached hydrogens (tertiary/aromatic N) is 1. The van der Waals surface area contributed by atoms with Gasteiger partial charge in [0.1, 0.15) is 17.2 Å². The second-order valence-corrected chi connectivity index (χ2v) is 5.09. The van der Waals surface area contributed by atoms with Crippen molar-refractivity contribution in [2.75, 3.05) is 14.1 Å². The van der Waals surface area contributed by atoms with Gasteiger partial charge in [-0.2, -0.15) is 0 Å². The van der Waals surface area contributed by atoms with E-state index in [2.05, 4.69) is 0 Å². The molecule has 0 aliphatic carbocycles. The first kappa shape index (κ1) is 15.4. The molecule has 1 amide bonds. The van der Waals surface area contributed by atoms with E-state index >= 15 is 0 Å². The molecule has 0 heterocycles. The normalized spacial score (nSPS) is 11.3. The summed E-state index contributed by atoms with van der Waals surface area (Å²) in [5, 5.41) is 28.5. The minimum atomic E-state index is -0.228. The predicted molar refractivity (Wildman–Crippen MR) is 84.4 cm³/mol. The first-order valence-corrected chi connectivity index (χ1v) is 6.62. The fourth-order valence-corrected chi connectivity index (χ4v) is 2.02. The highest BCUT2D eigenvalue weighted by atomic mass is 16.3. The van der Waals surface area contributed by atoms with Crippen LogP contribution in [0.15, 0.2) is 42.5 Å². The van der Waals surface area contributed by atoms with Crippen molar-refractivity contribution in [3.63, 3.8) is 0 Å². The second kappa shape index (κ2) is 6.22. The molecule has 0 fully saturated rings. The number of aromatic hydroxyl groups is 3. The number of phenolic OH excluding ortho intramolecular Hbond substituents is 3. The SMILES string of the molecule is CN(C)C(=O)/C(=C/c1cc(O)cc(O)c1)c1ccc(O)cc1. The van der Waals surface area contributed by atoms with E-state index in [1.165, 1.54) is 35.2 Å². The van der Waals surface area contributed by atoms with Crippen molar-refractivity contribution in [1.82, 2.24) is 4.90 Å². The predicted octanol–water partition coefficient (Wildman–Crippen LogP) is 2.43. The molecule has 0 radical (unpaired) electrons. The summed E-state index contributed by atoms with van der Waals surface area (Å²) in [6.07, 6.45) is 1.58. The maximum absolute atomic E-state index is 12.4. The average molecular weight is 299 g/mol. The van der Waals surface area contributed by atoms with E-state index < -0.39 is 0 Å². The minimum absolute atomic E-state index is 0.0893. The van der Waals surface area contributed by atoms with Crippen LogP contribution < -0.4 is 0 Å². The Morgan fingerprint density at radius 2 is 1.45 bits per heavy atom. The molecule has 22 heavy (non-hydrogen) atoms. The third-order valence-electron chi connectivity index (χ3n) is 3.05. The van der Waals surface area contributed by atoms with E-state index in [1.54, 1.807) is 32.3 Å². The van der Waals surface area contributed by atoms with Crippen LogP contribution in [0.5, 0.6) is 17.2 Å². The number of hydrogen-bond acceptors (Lipinski definition) is 4. The Hall–Kier alpha value is -2.95. The Bertz CT molecular complexity index is 698. The van der Waals surface area contributed by atoms with Crippen molar-refractivity contribution in [3.05, 3.63) is 53.6 Å². The van der Waals surface area contributed by atoms with Crippen LogP contribution in [0.1, 0.15) is 11.1 Å². The molecular weight excluding hydrogens is 282 g/mol. The summed E-state index contributed by atoms with van der Waals surface area (Å²) < 4.78 is 0. The van der Waals surface area contributed by atoms with Crippen molar-refractivity contribution >= 4 is 17.6 Å². The molecular formula is C17H17NO4. The van der Waals surface area contributed by atoms with Gasteiger partial charge in [0.2, 0.25) is 0 Å². The summed E-state index contributed by atoms with van der Waals surface area (Å²) in [6.45, 7) is 0. The summed E-state index contributed by atoms with van der Waals surface area (Å²) in [5.41, 5.74) is 1.50. The third kappa shape index (κ3) is 3.58. The maximum atomic E-state index is 12.4. The van der Waals surface area contributed by atoms with Gasteiger partial charge in [0.15, 0.2) is 0 Å². The number of phenols is 3. The summed E-state index contributed by atoms with van der Waals surface area (Å²) in [5.74, 6) is -0.300. The van der Waals surface area contributed by atoms with Gasteiger partial charge in [0, 0.05) is 25.7 Å². The Kier molecular flexibility index (Phi) is 4.36. The van der Waals surface area contributed by atoms with Crippen molar-refractivity contribution in [2.45, 2.75) is 0 Å². The highest BCUT2D eigenvalue weighted by Gasteiger charge is 2.14. The van der Waals surface area contributed by atoms with E-state index in [0.717, 1.165) is 0 Å². The second-order valence-electron chi connectivity index (χ2n) is 5.09. The number of carbonyl (C=O) groups is 1. The van der Waals surface area contributed by atoms with Gasteiger partial charge in [-0.15, -0.1) is 0 Å². The van der Waals surface area contributed by atoms with Gasteiger partial charge in [-0.25, -0.2) is 0 Å². The molecule has 2 aromatic carbocycles. The highest BCUT2D eigenvalue weighted by Crippen LogP contribution is 2.26. The van der Waals surface area contributed by atoms with Crippen molar-refractivity contribution in [2.24, 2.45) is 0 Å². The fourth-order valence-electron chi connectivity index (χ4n) is 2.02. The van der Waals surface area contributed by atoms with Gasteiger partial charge in [0.25, 0.3) is 5.91 Å². The molecule has 0 aliphatic heterocycles. The molecule has 0 saturated heterocycles. The molecule has 0 atom stereocenters. The van der Waals surface area contributed by atoms with E-state index in [9.17, 15) is 20.1 Å². The Labute approximate surface area is 128 Å². The van der Waals surface area contributed by atoms with Crippen LogP contribution in [0.3, 0.4) is 0 Å². The zero-order chi connectivity index (χ0) is 16.3. The smallest absolute Gasteiger partial charge is 0.253 e. The topological polar surface area (TPSA) is 81.0 Å². The van der Waals surface area contributed by atoms with Gasteiger partial charge >= 0.3 is 0 Å². The number of amides is 1. The van der Waals surface area contributed by atoms with Gasteiger partial charge in [-0.05, 0) is 41.5 Å². The van der Waals surface area contributed by atoms with E-state index in [1.807, 2.05) is 0 Å². The lowest BCUT2D eigenvalue weighted by Crippen LogP contribution is -2.22. The average Bonchev–Trinajstić information content (AvgIpc) is 2.44. The zero-order valence-electron chi connectivity index (χ0n) is 12.3. The van der Waals surface area contributed by atoms with E-state index in [-0.39, 0.29) is 23.2 Å². The van der Waals surface area contributed by atoms with Crippen LogP contribution >= 0.6 is 0 Å². The Balaban J connectivity index is 2.54. The molecule has 0 aliphatic rings. The lowest BCUT2D eigenvalue weighted by molar-refractivity contribution is -0.122. The zero-order valence-corrected chi connectivity index (χ0v) is 12.3. The van der Waals surface area contributed by atoms with Gasteiger partial charge in [0.05, 0.1) is 0 Å². The summed E-state index contributed by atoms with van der Waals surface area (Å²) >= 11 is 0. The highest BCUT2D eigenvalue weighted by molar-refractivity contribution is 6.24. The molecule has 114 valence electrons. The Morgan fingerprint density at radius 1 is 0.909 bits per heavy atom.